The van der Waals surface area contributed by atoms with Gasteiger partial charge in [-0.15, -0.1) is 0 Å². The molecule has 1 aliphatic carbocycles. The highest BCUT2D eigenvalue weighted by Gasteiger charge is 2.48. The summed E-state index contributed by atoms with van der Waals surface area (Å²) >= 11 is 0. The van der Waals surface area contributed by atoms with Crippen molar-refractivity contribution in [2.24, 2.45) is 0 Å². The standard InChI is InChI=1S/C21H25F4N5O4S/c1-14(31)29-8-10-30(11-9-29)35(33,34)12-17(19(32)28-20(13-26)6-7-20)27-18(21(23,24)25)15-2-4-16(22)5-3-15/h2-5,17-18,27H,6-12H2,1H3,(H,28,32)/t17?,18-/m1/s1. The minimum absolute atomic E-state index is 0.0704. The molecule has 9 nitrogen and oxygen atoms in total. The number of hydrogen-bond donors (Lipinski definition) is 2. The van der Waals surface area contributed by atoms with Crippen LogP contribution in [0, 0.1) is 17.1 Å². The van der Waals surface area contributed by atoms with Gasteiger partial charge in [0, 0.05) is 33.1 Å². The Balaban J connectivity index is 1.85. The van der Waals surface area contributed by atoms with E-state index in [9.17, 15) is 40.8 Å². The molecule has 1 saturated heterocycles. The molecule has 1 heterocycles. The maximum absolute atomic E-state index is 13.9. The molecule has 2 aliphatic rings. The van der Waals surface area contributed by atoms with Crippen LogP contribution < -0.4 is 10.6 Å². The summed E-state index contributed by atoms with van der Waals surface area (Å²) < 4.78 is 82.1. The Morgan fingerprint density at radius 2 is 1.71 bits per heavy atom. The zero-order chi connectivity index (χ0) is 26.0. The number of carbonyl (C=O) groups excluding carboxylic acids is 2. The molecular formula is C21H25F4N5O4S. The highest BCUT2D eigenvalue weighted by Crippen LogP contribution is 2.36. The molecule has 0 spiro atoms. The van der Waals surface area contributed by atoms with E-state index in [1.54, 1.807) is 0 Å². The molecule has 1 aromatic carbocycles. The highest BCUT2D eigenvalue weighted by molar-refractivity contribution is 7.89. The average molecular weight is 520 g/mol. The van der Waals surface area contributed by atoms with Crippen LogP contribution in [0.1, 0.15) is 31.4 Å². The molecule has 2 amide bonds. The van der Waals surface area contributed by atoms with Crippen molar-refractivity contribution in [1.29, 1.82) is 5.26 Å². The van der Waals surface area contributed by atoms with Crippen molar-refractivity contribution >= 4 is 21.8 Å². The first-order valence-corrected chi connectivity index (χ1v) is 12.4. The third-order valence-electron chi connectivity index (χ3n) is 6.00. The number of sulfonamides is 1. The quantitative estimate of drug-likeness (QED) is 0.495. The lowest BCUT2D eigenvalue weighted by atomic mass is 10.0. The van der Waals surface area contributed by atoms with Crippen LogP contribution in [-0.4, -0.2) is 79.1 Å². The molecule has 1 aliphatic heterocycles. The van der Waals surface area contributed by atoms with Gasteiger partial charge in [-0.3, -0.25) is 14.9 Å². The molecule has 0 aromatic heterocycles. The maximum atomic E-state index is 13.9. The number of benzene rings is 1. The van der Waals surface area contributed by atoms with Crippen molar-refractivity contribution < 1.29 is 35.6 Å². The molecule has 0 radical (unpaired) electrons. The van der Waals surface area contributed by atoms with Gasteiger partial charge in [-0.05, 0) is 30.5 Å². The summed E-state index contributed by atoms with van der Waals surface area (Å²) in [4.78, 5) is 25.9. The Hall–Kier alpha value is -2.76. The lowest BCUT2D eigenvalue weighted by molar-refractivity contribution is -0.160. The van der Waals surface area contributed by atoms with E-state index in [1.165, 1.54) is 11.8 Å². The van der Waals surface area contributed by atoms with E-state index in [-0.39, 0.29) is 32.1 Å². The number of hydrogen-bond acceptors (Lipinski definition) is 6. The number of piperazine rings is 1. The van der Waals surface area contributed by atoms with Crippen LogP contribution in [0.4, 0.5) is 17.6 Å². The Morgan fingerprint density at radius 1 is 1.14 bits per heavy atom. The number of halogens is 4. The van der Waals surface area contributed by atoms with Crippen LogP contribution in [0.3, 0.4) is 0 Å². The molecule has 1 aromatic rings. The molecule has 2 atom stereocenters. The van der Waals surface area contributed by atoms with E-state index in [0.717, 1.165) is 28.6 Å². The van der Waals surface area contributed by atoms with Crippen molar-refractivity contribution in [3.63, 3.8) is 0 Å². The van der Waals surface area contributed by atoms with Gasteiger partial charge in [0.1, 0.15) is 23.4 Å². The Morgan fingerprint density at radius 3 is 2.17 bits per heavy atom. The minimum Gasteiger partial charge on any atom is -0.340 e. The highest BCUT2D eigenvalue weighted by atomic mass is 32.2. The summed E-state index contributed by atoms with van der Waals surface area (Å²) in [6.07, 6.45) is -4.36. The predicted octanol–water partition coefficient (Wildman–Crippen LogP) is 1.05. The Kier molecular flexibility index (Phi) is 7.73. The zero-order valence-electron chi connectivity index (χ0n) is 18.8. The Bertz CT molecular complexity index is 1090. The molecule has 192 valence electrons. The van der Waals surface area contributed by atoms with Gasteiger partial charge in [-0.25, -0.2) is 12.8 Å². The van der Waals surface area contributed by atoms with Crippen LogP contribution in [0.5, 0.6) is 0 Å². The van der Waals surface area contributed by atoms with Crippen molar-refractivity contribution in [1.82, 2.24) is 19.8 Å². The van der Waals surface area contributed by atoms with Gasteiger partial charge in [0.05, 0.1) is 11.8 Å². The number of carbonyl (C=O) groups is 2. The van der Waals surface area contributed by atoms with Crippen LogP contribution in [0.2, 0.25) is 0 Å². The average Bonchev–Trinajstić information content (AvgIpc) is 3.56. The summed E-state index contributed by atoms with van der Waals surface area (Å²) in [7, 11) is -4.24. The summed E-state index contributed by atoms with van der Waals surface area (Å²) in [6, 6.07) is 0.973. The largest absolute Gasteiger partial charge is 0.407 e. The van der Waals surface area contributed by atoms with E-state index in [2.05, 4.69) is 10.6 Å². The minimum atomic E-state index is -4.94. The summed E-state index contributed by atoms with van der Waals surface area (Å²) in [5, 5.41) is 13.7. The number of rotatable bonds is 8. The Labute approximate surface area is 200 Å². The molecule has 2 N–H and O–H groups in total. The predicted molar refractivity (Wildman–Crippen MR) is 115 cm³/mol. The first-order valence-electron chi connectivity index (χ1n) is 10.8. The second-order valence-corrected chi connectivity index (χ2v) is 10.6. The molecule has 1 saturated carbocycles. The lowest BCUT2D eigenvalue weighted by Crippen LogP contribution is -2.57. The van der Waals surface area contributed by atoms with E-state index in [1.807, 2.05) is 6.07 Å². The maximum Gasteiger partial charge on any atom is 0.407 e. The van der Waals surface area contributed by atoms with Gasteiger partial charge in [-0.1, -0.05) is 12.1 Å². The third-order valence-corrected chi connectivity index (χ3v) is 7.90. The molecule has 35 heavy (non-hydrogen) atoms. The van der Waals surface area contributed by atoms with Gasteiger partial charge in [0.25, 0.3) is 0 Å². The van der Waals surface area contributed by atoms with E-state index < -0.39 is 56.9 Å². The number of nitrogens with zero attached hydrogens (tertiary/aromatic N) is 3. The summed E-state index contributed by atoms with van der Waals surface area (Å²) in [6.45, 7) is 1.41. The van der Waals surface area contributed by atoms with E-state index >= 15 is 0 Å². The zero-order valence-corrected chi connectivity index (χ0v) is 19.6. The van der Waals surface area contributed by atoms with Crippen molar-refractivity contribution in [3.8, 4) is 6.07 Å². The first-order chi connectivity index (χ1) is 16.3. The van der Waals surface area contributed by atoms with Crippen molar-refractivity contribution in [3.05, 3.63) is 35.6 Å². The van der Waals surface area contributed by atoms with Gasteiger partial charge >= 0.3 is 6.18 Å². The van der Waals surface area contributed by atoms with Crippen molar-refractivity contribution in [2.75, 3.05) is 31.9 Å². The van der Waals surface area contributed by atoms with Gasteiger partial charge in [0.2, 0.25) is 21.8 Å². The van der Waals surface area contributed by atoms with Crippen LogP contribution in [0.15, 0.2) is 24.3 Å². The fourth-order valence-corrected chi connectivity index (χ4v) is 5.34. The molecule has 0 bridgehead atoms. The van der Waals surface area contributed by atoms with E-state index in [4.69, 9.17) is 0 Å². The lowest BCUT2D eigenvalue weighted by Gasteiger charge is -2.34. The van der Waals surface area contributed by atoms with Crippen molar-refractivity contribution in [2.45, 2.75) is 43.6 Å². The molecule has 1 unspecified atom stereocenters. The molecule has 3 rings (SSSR count). The first kappa shape index (κ1) is 26.8. The number of alkyl halides is 3. The van der Waals surface area contributed by atoms with Crippen LogP contribution in [0.25, 0.3) is 0 Å². The van der Waals surface area contributed by atoms with Crippen LogP contribution in [-0.2, 0) is 19.6 Å². The van der Waals surface area contributed by atoms with Gasteiger partial charge < -0.3 is 10.2 Å². The normalized spacial score (nSPS) is 19.9. The molecule has 2 fully saturated rings. The number of amides is 2. The second-order valence-electron chi connectivity index (χ2n) is 8.61. The van der Waals surface area contributed by atoms with Gasteiger partial charge in [-0.2, -0.15) is 22.7 Å². The van der Waals surface area contributed by atoms with Crippen LogP contribution >= 0.6 is 0 Å². The summed E-state index contributed by atoms with van der Waals surface area (Å²) in [5.74, 6) is -3.07. The molecular weight excluding hydrogens is 494 g/mol. The monoisotopic (exact) mass is 519 g/mol. The number of nitriles is 1. The smallest absolute Gasteiger partial charge is 0.340 e. The fraction of sp³-hybridized carbons (Fsp3) is 0.571. The SMILES string of the molecule is CC(=O)N1CCN(S(=O)(=O)CC(N[C@H](c2ccc(F)cc2)C(F)(F)F)C(=O)NC2(C#N)CC2)CC1. The topological polar surface area (TPSA) is 123 Å². The molecule has 14 heteroatoms. The van der Waals surface area contributed by atoms with E-state index in [0.29, 0.717) is 12.8 Å². The summed E-state index contributed by atoms with van der Waals surface area (Å²) in [5.41, 5.74) is -1.65. The van der Waals surface area contributed by atoms with Gasteiger partial charge in [0.15, 0.2) is 0 Å². The third kappa shape index (κ3) is 6.68. The second kappa shape index (κ2) is 10.1. The fourth-order valence-electron chi connectivity index (χ4n) is 3.75. The number of nitrogens with one attached hydrogen (secondary N) is 2.